The maximum atomic E-state index is 12.6. The van der Waals surface area contributed by atoms with Crippen molar-refractivity contribution in [1.29, 1.82) is 0 Å². The Morgan fingerprint density at radius 1 is 1.38 bits per heavy atom. The van der Waals surface area contributed by atoms with Gasteiger partial charge in [0.25, 0.3) is 5.91 Å². The Bertz CT molecular complexity index is 629. The Hall–Kier alpha value is -2.14. The minimum atomic E-state index is 0.0448. The Morgan fingerprint density at radius 2 is 2.14 bits per heavy atom. The fraction of sp³-hybridized carbons (Fsp3) is 0.375. The number of benzene rings is 1. The highest BCUT2D eigenvalue weighted by Gasteiger charge is 2.26. The molecule has 1 aromatic carbocycles. The summed E-state index contributed by atoms with van der Waals surface area (Å²) in [5.41, 5.74) is 2.40. The zero-order valence-electron chi connectivity index (χ0n) is 12.4. The van der Waals surface area contributed by atoms with Gasteiger partial charge in [-0.15, -0.1) is 0 Å². The van der Waals surface area contributed by atoms with Crippen LogP contribution in [-0.2, 0) is 0 Å². The summed E-state index contributed by atoms with van der Waals surface area (Å²) in [5.74, 6) is 0.0448. The topological polar surface area (TPSA) is 50.2 Å². The normalized spacial score (nSPS) is 17.9. The van der Waals surface area contributed by atoms with E-state index in [0.717, 1.165) is 30.9 Å². The SMILES string of the molecule is Cc1nn(-c2ccccc2)cc1C(=O)N(C)C1CCNC1. The first-order valence-electron chi connectivity index (χ1n) is 7.26. The first kappa shape index (κ1) is 13.8. The van der Waals surface area contributed by atoms with Crippen molar-refractivity contribution < 1.29 is 4.79 Å². The van der Waals surface area contributed by atoms with Gasteiger partial charge in [0.1, 0.15) is 0 Å². The number of hydrogen-bond donors (Lipinski definition) is 1. The molecule has 5 nitrogen and oxygen atoms in total. The maximum absolute atomic E-state index is 12.6. The Balaban J connectivity index is 1.85. The zero-order valence-corrected chi connectivity index (χ0v) is 12.4. The summed E-state index contributed by atoms with van der Waals surface area (Å²) in [6.07, 6.45) is 2.83. The molecule has 0 radical (unpaired) electrons. The van der Waals surface area contributed by atoms with Crippen LogP contribution < -0.4 is 5.32 Å². The standard InChI is InChI=1S/C16H20N4O/c1-12-15(16(21)19(2)14-8-9-17-10-14)11-20(18-12)13-6-4-3-5-7-13/h3-7,11,14,17H,8-10H2,1-2H3. The summed E-state index contributed by atoms with van der Waals surface area (Å²) >= 11 is 0. The summed E-state index contributed by atoms with van der Waals surface area (Å²) in [6.45, 7) is 3.73. The molecule has 0 bridgehead atoms. The van der Waals surface area contributed by atoms with E-state index in [2.05, 4.69) is 10.4 Å². The molecule has 1 aromatic heterocycles. The molecule has 1 N–H and O–H groups in total. The smallest absolute Gasteiger partial charge is 0.257 e. The molecule has 110 valence electrons. The van der Waals surface area contributed by atoms with Gasteiger partial charge in [-0.05, 0) is 32.0 Å². The largest absolute Gasteiger partial charge is 0.337 e. The fourth-order valence-corrected chi connectivity index (χ4v) is 2.71. The van der Waals surface area contributed by atoms with Crippen molar-refractivity contribution in [3.05, 3.63) is 47.8 Å². The predicted octanol–water partition coefficient (Wildman–Crippen LogP) is 1.61. The summed E-state index contributed by atoms with van der Waals surface area (Å²) in [7, 11) is 1.87. The zero-order chi connectivity index (χ0) is 14.8. The van der Waals surface area contributed by atoms with Crippen LogP contribution in [0.5, 0.6) is 0 Å². The van der Waals surface area contributed by atoms with E-state index in [-0.39, 0.29) is 11.9 Å². The van der Waals surface area contributed by atoms with Crippen LogP contribution in [0.3, 0.4) is 0 Å². The average Bonchev–Trinajstić information content (AvgIpc) is 3.16. The highest BCUT2D eigenvalue weighted by atomic mass is 16.2. The third kappa shape index (κ3) is 2.69. The van der Waals surface area contributed by atoms with Gasteiger partial charge in [-0.2, -0.15) is 5.10 Å². The molecule has 1 amide bonds. The van der Waals surface area contributed by atoms with Gasteiger partial charge in [-0.25, -0.2) is 4.68 Å². The lowest BCUT2D eigenvalue weighted by Gasteiger charge is -2.23. The molecule has 1 fully saturated rings. The van der Waals surface area contributed by atoms with Crippen LogP contribution >= 0.6 is 0 Å². The second-order valence-corrected chi connectivity index (χ2v) is 5.47. The molecule has 0 saturated carbocycles. The number of rotatable bonds is 3. The Kier molecular flexibility index (Phi) is 3.75. The lowest BCUT2D eigenvalue weighted by Crippen LogP contribution is -2.38. The van der Waals surface area contributed by atoms with E-state index in [1.165, 1.54) is 0 Å². The summed E-state index contributed by atoms with van der Waals surface area (Å²) in [5, 5.41) is 7.76. The summed E-state index contributed by atoms with van der Waals surface area (Å²) in [6, 6.07) is 10.1. The average molecular weight is 284 g/mol. The molecule has 21 heavy (non-hydrogen) atoms. The minimum Gasteiger partial charge on any atom is -0.337 e. The Morgan fingerprint density at radius 3 is 2.81 bits per heavy atom. The van der Waals surface area contributed by atoms with Gasteiger partial charge in [0.2, 0.25) is 0 Å². The van der Waals surface area contributed by atoms with E-state index in [0.29, 0.717) is 5.56 Å². The van der Waals surface area contributed by atoms with Crippen molar-refractivity contribution in [2.75, 3.05) is 20.1 Å². The number of para-hydroxylation sites is 1. The molecule has 1 atom stereocenters. The first-order valence-corrected chi connectivity index (χ1v) is 7.26. The maximum Gasteiger partial charge on any atom is 0.257 e. The van der Waals surface area contributed by atoms with Crippen LogP contribution in [0.2, 0.25) is 0 Å². The third-order valence-corrected chi connectivity index (χ3v) is 4.05. The van der Waals surface area contributed by atoms with Crippen molar-refractivity contribution in [3.63, 3.8) is 0 Å². The monoisotopic (exact) mass is 284 g/mol. The quantitative estimate of drug-likeness (QED) is 0.931. The van der Waals surface area contributed by atoms with Gasteiger partial charge >= 0.3 is 0 Å². The minimum absolute atomic E-state index is 0.0448. The number of aryl methyl sites for hydroxylation is 1. The lowest BCUT2D eigenvalue weighted by atomic mass is 10.2. The van der Waals surface area contributed by atoms with E-state index in [1.54, 1.807) is 4.68 Å². The van der Waals surface area contributed by atoms with Gasteiger partial charge in [0, 0.05) is 25.8 Å². The highest BCUT2D eigenvalue weighted by molar-refractivity contribution is 5.95. The molecule has 1 unspecified atom stereocenters. The number of hydrogen-bond acceptors (Lipinski definition) is 3. The lowest BCUT2D eigenvalue weighted by molar-refractivity contribution is 0.0743. The van der Waals surface area contributed by atoms with Crippen molar-refractivity contribution in [2.24, 2.45) is 0 Å². The van der Waals surface area contributed by atoms with Crippen molar-refractivity contribution in [1.82, 2.24) is 20.0 Å². The predicted molar refractivity (Wildman–Crippen MR) is 81.7 cm³/mol. The van der Waals surface area contributed by atoms with Gasteiger partial charge in [-0.3, -0.25) is 4.79 Å². The van der Waals surface area contributed by atoms with E-state index in [9.17, 15) is 4.79 Å². The van der Waals surface area contributed by atoms with Crippen LogP contribution in [-0.4, -0.2) is 46.8 Å². The molecule has 2 heterocycles. The molecular weight excluding hydrogens is 264 g/mol. The second-order valence-electron chi connectivity index (χ2n) is 5.47. The number of nitrogens with zero attached hydrogens (tertiary/aromatic N) is 3. The highest BCUT2D eigenvalue weighted by Crippen LogP contribution is 2.16. The summed E-state index contributed by atoms with van der Waals surface area (Å²) in [4.78, 5) is 14.5. The van der Waals surface area contributed by atoms with Crippen LogP contribution in [0.1, 0.15) is 22.5 Å². The van der Waals surface area contributed by atoms with E-state index < -0.39 is 0 Å². The van der Waals surface area contributed by atoms with Gasteiger partial charge in [-0.1, -0.05) is 18.2 Å². The molecule has 0 aliphatic carbocycles. The van der Waals surface area contributed by atoms with Crippen molar-refractivity contribution in [3.8, 4) is 5.69 Å². The van der Waals surface area contributed by atoms with E-state index in [1.807, 2.05) is 55.4 Å². The van der Waals surface area contributed by atoms with Crippen LogP contribution in [0.4, 0.5) is 0 Å². The van der Waals surface area contributed by atoms with E-state index in [4.69, 9.17) is 0 Å². The molecule has 1 aliphatic rings. The summed E-state index contributed by atoms with van der Waals surface area (Å²) < 4.78 is 1.77. The van der Waals surface area contributed by atoms with Crippen molar-refractivity contribution >= 4 is 5.91 Å². The number of likely N-dealkylation sites (N-methyl/N-ethyl adjacent to an activating group) is 1. The molecule has 1 aliphatic heterocycles. The van der Waals surface area contributed by atoms with E-state index >= 15 is 0 Å². The van der Waals surface area contributed by atoms with Gasteiger partial charge in [0.05, 0.1) is 16.9 Å². The number of carbonyl (C=O) groups excluding carboxylic acids is 1. The number of nitrogens with one attached hydrogen (secondary N) is 1. The molecule has 0 spiro atoms. The van der Waals surface area contributed by atoms with Crippen LogP contribution in [0.25, 0.3) is 5.69 Å². The van der Waals surface area contributed by atoms with Crippen LogP contribution in [0, 0.1) is 6.92 Å². The second kappa shape index (κ2) is 5.69. The third-order valence-electron chi connectivity index (χ3n) is 4.05. The number of amides is 1. The van der Waals surface area contributed by atoms with Gasteiger partial charge in [0.15, 0.2) is 0 Å². The molecule has 1 saturated heterocycles. The molecule has 2 aromatic rings. The molecule has 5 heteroatoms. The molecule has 3 rings (SSSR count). The van der Waals surface area contributed by atoms with Gasteiger partial charge < -0.3 is 10.2 Å². The fourth-order valence-electron chi connectivity index (χ4n) is 2.71. The van der Waals surface area contributed by atoms with Crippen LogP contribution in [0.15, 0.2) is 36.5 Å². The number of aromatic nitrogens is 2. The first-order chi connectivity index (χ1) is 10.2. The molecular formula is C16H20N4O. The Labute approximate surface area is 124 Å². The number of carbonyl (C=O) groups is 1. The van der Waals surface area contributed by atoms with Crippen molar-refractivity contribution in [2.45, 2.75) is 19.4 Å².